The van der Waals surface area contributed by atoms with Crippen LogP contribution < -0.4 is 5.32 Å². The standard InChI is InChI=1S/C8H5ClFNS2/c9-7-4(10)1-2-5-8(7)13-3-6(12)11-5/h1-2H,3H2,(H,11,12). The number of nitrogens with one attached hydrogen (secondary N) is 1. The van der Waals surface area contributed by atoms with Crippen molar-refractivity contribution in [1.29, 1.82) is 0 Å². The molecule has 0 bridgehead atoms. The van der Waals surface area contributed by atoms with Gasteiger partial charge < -0.3 is 5.32 Å². The van der Waals surface area contributed by atoms with Crippen molar-refractivity contribution in [3.05, 3.63) is 23.0 Å². The highest BCUT2D eigenvalue weighted by Crippen LogP contribution is 2.38. The fourth-order valence-electron chi connectivity index (χ4n) is 1.10. The van der Waals surface area contributed by atoms with E-state index in [1.807, 2.05) is 0 Å². The number of thioether (sulfide) groups is 1. The fraction of sp³-hybridized carbons (Fsp3) is 0.125. The molecule has 2 rings (SSSR count). The van der Waals surface area contributed by atoms with E-state index in [1.165, 1.54) is 17.8 Å². The Morgan fingerprint density at radius 1 is 1.54 bits per heavy atom. The maximum absolute atomic E-state index is 13.0. The average Bonchev–Trinajstić information content (AvgIpc) is 2.12. The van der Waals surface area contributed by atoms with Crippen LogP contribution in [0.1, 0.15) is 0 Å². The van der Waals surface area contributed by atoms with E-state index in [2.05, 4.69) is 5.32 Å². The molecule has 0 amide bonds. The molecule has 0 aromatic heterocycles. The van der Waals surface area contributed by atoms with Crippen LogP contribution in [0.2, 0.25) is 5.02 Å². The first-order valence-electron chi connectivity index (χ1n) is 3.59. The Kier molecular flexibility index (Phi) is 2.45. The van der Waals surface area contributed by atoms with E-state index in [1.54, 1.807) is 6.07 Å². The minimum Gasteiger partial charge on any atom is -0.348 e. The molecule has 1 aliphatic heterocycles. The molecule has 1 aromatic rings. The largest absolute Gasteiger partial charge is 0.348 e. The number of hydrogen-bond acceptors (Lipinski definition) is 2. The molecule has 1 heterocycles. The lowest BCUT2D eigenvalue weighted by molar-refractivity contribution is 0.625. The van der Waals surface area contributed by atoms with Crippen LogP contribution in [0, 0.1) is 5.82 Å². The van der Waals surface area contributed by atoms with Gasteiger partial charge in [-0.05, 0) is 12.1 Å². The van der Waals surface area contributed by atoms with E-state index >= 15 is 0 Å². The summed E-state index contributed by atoms with van der Waals surface area (Å²) < 4.78 is 13.0. The van der Waals surface area contributed by atoms with Crippen LogP contribution in [-0.2, 0) is 0 Å². The number of benzene rings is 1. The predicted molar refractivity (Wildman–Crippen MR) is 58.4 cm³/mol. The van der Waals surface area contributed by atoms with Gasteiger partial charge in [-0.15, -0.1) is 11.8 Å². The van der Waals surface area contributed by atoms with Gasteiger partial charge in [0.15, 0.2) is 0 Å². The van der Waals surface area contributed by atoms with Crippen LogP contribution >= 0.6 is 35.6 Å². The molecule has 0 unspecified atom stereocenters. The van der Waals surface area contributed by atoms with Gasteiger partial charge in [-0.3, -0.25) is 0 Å². The van der Waals surface area contributed by atoms with Gasteiger partial charge in [-0.1, -0.05) is 23.8 Å². The third-order valence-electron chi connectivity index (χ3n) is 1.67. The van der Waals surface area contributed by atoms with E-state index in [4.69, 9.17) is 23.8 Å². The summed E-state index contributed by atoms with van der Waals surface area (Å²) in [6, 6.07) is 2.98. The Labute approximate surface area is 89.7 Å². The molecule has 1 aliphatic rings. The normalized spacial score (nSPS) is 15.1. The minimum atomic E-state index is -0.387. The summed E-state index contributed by atoms with van der Waals surface area (Å²) in [4.78, 5) is 1.50. The third kappa shape index (κ3) is 1.66. The van der Waals surface area contributed by atoms with Crippen molar-refractivity contribution >= 4 is 46.3 Å². The lowest BCUT2D eigenvalue weighted by atomic mass is 10.3. The van der Waals surface area contributed by atoms with Gasteiger partial charge in [0, 0.05) is 5.75 Å². The van der Waals surface area contributed by atoms with Crippen LogP contribution in [0.3, 0.4) is 0 Å². The number of thiocarbonyl (C=S) groups is 1. The highest BCUT2D eigenvalue weighted by Gasteiger charge is 2.17. The van der Waals surface area contributed by atoms with E-state index < -0.39 is 0 Å². The second kappa shape index (κ2) is 3.44. The van der Waals surface area contributed by atoms with Crippen molar-refractivity contribution in [2.24, 2.45) is 0 Å². The first-order valence-corrected chi connectivity index (χ1v) is 5.36. The molecule has 1 aromatic carbocycles. The molecule has 0 fully saturated rings. The van der Waals surface area contributed by atoms with Gasteiger partial charge in [-0.25, -0.2) is 4.39 Å². The lowest BCUT2D eigenvalue weighted by Crippen LogP contribution is -2.16. The molecule has 68 valence electrons. The number of rotatable bonds is 0. The Balaban J connectivity index is 2.53. The molecule has 1 nitrogen and oxygen atoms in total. The van der Waals surface area contributed by atoms with Crippen LogP contribution in [0.15, 0.2) is 17.0 Å². The summed E-state index contributed by atoms with van der Waals surface area (Å²) in [5.41, 5.74) is 0.799. The van der Waals surface area contributed by atoms with Gasteiger partial charge in [0.05, 0.1) is 20.6 Å². The predicted octanol–water partition coefficient (Wildman–Crippen LogP) is 3.32. The third-order valence-corrected chi connectivity index (χ3v) is 3.73. The van der Waals surface area contributed by atoms with Crippen molar-refractivity contribution in [1.82, 2.24) is 0 Å². The Bertz CT molecular complexity index is 381. The number of hydrogen-bond donors (Lipinski definition) is 1. The summed E-state index contributed by atoms with van der Waals surface area (Å²) in [5.74, 6) is 0.272. The Morgan fingerprint density at radius 3 is 3.08 bits per heavy atom. The zero-order valence-electron chi connectivity index (χ0n) is 6.43. The topological polar surface area (TPSA) is 12.0 Å². The van der Waals surface area contributed by atoms with Crippen LogP contribution in [-0.4, -0.2) is 10.7 Å². The number of fused-ring (bicyclic) bond motifs is 1. The first-order chi connectivity index (χ1) is 6.18. The van der Waals surface area contributed by atoms with Crippen LogP contribution in [0.25, 0.3) is 0 Å². The maximum atomic E-state index is 13.0. The number of halogens is 2. The SMILES string of the molecule is Fc1ccc2c(c1Cl)SCC(=S)N2. The molecule has 0 aliphatic carbocycles. The maximum Gasteiger partial charge on any atom is 0.143 e. The van der Waals surface area contributed by atoms with Crippen molar-refractivity contribution in [3.63, 3.8) is 0 Å². The van der Waals surface area contributed by atoms with E-state index in [0.717, 1.165) is 15.6 Å². The molecular formula is C8H5ClFNS2. The van der Waals surface area contributed by atoms with Gasteiger partial charge in [0.1, 0.15) is 5.82 Å². The zero-order valence-corrected chi connectivity index (χ0v) is 8.82. The van der Waals surface area contributed by atoms with Gasteiger partial charge in [0.25, 0.3) is 0 Å². The highest BCUT2D eigenvalue weighted by molar-refractivity contribution is 8.01. The second-order valence-electron chi connectivity index (χ2n) is 2.57. The van der Waals surface area contributed by atoms with E-state index in [0.29, 0.717) is 5.75 Å². The molecular weight excluding hydrogens is 229 g/mol. The van der Waals surface area contributed by atoms with E-state index in [-0.39, 0.29) is 10.8 Å². The van der Waals surface area contributed by atoms with E-state index in [9.17, 15) is 4.39 Å². The molecule has 0 spiro atoms. The quantitative estimate of drug-likeness (QED) is 0.691. The Hall–Kier alpha value is -0.320. The molecule has 5 heteroatoms. The molecule has 0 atom stereocenters. The molecule has 13 heavy (non-hydrogen) atoms. The average molecular weight is 234 g/mol. The zero-order chi connectivity index (χ0) is 9.42. The molecule has 0 saturated carbocycles. The summed E-state index contributed by atoms with van der Waals surface area (Å²) >= 11 is 12.2. The number of anilines is 1. The monoisotopic (exact) mass is 233 g/mol. The van der Waals surface area contributed by atoms with Crippen LogP contribution in [0.4, 0.5) is 10.1 Å². The fourth-order valence-corrected chi connectivity index (χ4v) is 2.56. The minimum absolute atomic E-state index is 0.178. The second-order valence-corrected chi connectivity index (χ2v) is 4.43. The van der Waals surface area contributed by atoms with Crippen LogP contribution in [0.5, 0.6) is 0 Å². The first kappa shape index (κ1) is 9.24. The summed E-state index contributed by atoms with van der Waals surface area (Å²) in [6.07, 6.45) is 0. The summed E-state index contributed by atoms with van der Waals surface area (Å²) in [5, 5.41) is 3.17. The smallest absolute Gasteiger partial charge is 0.143 e. The van der Waals surface area contributed by atoms with Crippen molar-refractivity contribution < 1.29 is 4.39 Å². The van der Waals surface area contributed by atoms with Gasteiger partial charge in [0.2, 0.25) is 0 Å². The Morgan fingerprint density at radius 2 is 2.31 bits per heavy atom. The van der Waals surface area contributed by atoms with Gasteiger partial charge in [-0.2, -0.15) is 0 Å². The highest BCUT2D eigenvalue weighted by atomic mass is 35.5. The van der Waals surface area contributed by atoms with Crippen molar-refractivity contribution in [3.8, 4) is 0 Å². The van der Waals surface area contributed by atoms with Crippen molar-refractivity contribution in [2.75, 3.05) is 11.1 Å². The van der Waals surface area contributed by atoms with Crippen molar-refractivity contribution in [2.45, 2.75) is 4.90 Å². The summed E-state index contributed by atoms with van der Waals surface area (Å²) in [7, 11) is 0. The van der Waals surface area contributed by atoms with Gasteiger partial charge >= 0.3 is 0 Å². The summed E-state index contributed by atoms with van der Waals surface area (Å²) in [6.45, 7) is 0. The molecule has 1 N–H and O–H groups in total. The lowest BCUT2D eigenvalue weighted by Gasteiger charge is -2.19. The molecule has 0 radical (unpaired) electrons. The molecule has 0 saturated heterocycles.